The molecule has 0 bridgehead atoms. The average Bonchev–Trinajstić information content (AvgIpc) is 2.68. The highest BCUT2D eigenvalue weighted by atomic mass is 16.4. The highest BCUT2D eigenvalue weighted by Gasteiger charge is 2.15. The molecule has 3 aromatic rings. The van der Waals surface area contributed by atoms with Crippen molar-refractivity contribution in [2.45, 2.75) is 13.5 Å². The Morgan fingerprint density at radius 1 is 1.00 bits per heavy atom. The second-order valence-electron chi connectivity index (χ2n) is 5.85. The van der Waals surface area contributed by atoms with E-state index in [0.29, 0.717) is 23.5 Å². The van der Waals surface area contributed by atoms with Gasteiger partial charge < -0.3 is 20.5 Å². The van der Waals surface area contributed by atoms with Gasteiger partial charge >= 0.3 is 0 Å². The number of para-hydroxylation sites is 1. The first kappa shape index (κ1) is 18.1. The van der Waals surface area contributed by atoms with Gasteiger partial charge in [-0.1, -0.05) is 18.2 Å². The Morgan fingerprint density at radius 2 is 1.74 bits per heavy atom. The molecule has 7 heteroatoms. The fourth-order valence-corrected chi connectivity index (χ4v) is 2.60. The van der Waals surface area contributed by atoms with Gasteiger partial charge in [0, 0.05) is 30.7 Å². The van der Waals surface area contributed by atoms with Crippen LogP contribution in [0.3, 0.4) is 0 Å². The van der Waals surface area contributed by atoms with Crippen molar-refractivity contribution >= 4 is 23.4 Å². The third-order valence-corrected chi connectivity index (χ3v) is 3.99. The van der Waals surface area contributed by atoms with E-state index in [1.807, 2.05) is 12.1 Å². The van der Waals surface area contributed by atoms with Crippen molar-refractivity contribution in [3.63, 3.8) is 0 Å². The topological polar surface area (TPSA) is 107 Å². The van der Waals surface area contributed by atoms with Gasteiger partial charge in [0.15, 0.2) is 0 Å². The molecule has 1 amide bonds. The number of hydrogen-bond donors (Lipinski definition) is 2. The molecule has 2 heterocycles. The molecule has 136 valence electrons. The molecule has 1 aromatic carbocycles. The van der Waals surface area contributed by atoms with Crippen molar-refractivity contribution in [2.75, 3.05) is 10.6 Å². The number of carboxylic acids is 1. The first-order chi connectivity index (χ1) is 13.1. The molecule has 0 aliphatic heterocycles. The quantitative estimate of drug-likeness (QED) is 0.695. The maximum Gasteiger partial charge on any atom is 0.259 e. The Kier molecular flexibility index (Phi) is 5.41. The van der Waals surface area contributed by atoms with E-state index in [-0.39, 0.29) is 11.3 Å². The summed E-state index contributed by atoms with van der Waals surface area (Å²) in [7, 11) is 0. The number of carbonyl (C=O) groups excluding carboxylic acids is 2. The van der Waals surface area contributed by atoms with E-state index in [1.165, 1.54) is 6.07 Å². The molecular weight excluding hydrogens is 344 g/mol. The number of amides is 1. The van der Waals surface area contributed by atoms with Crippen LogP contribution in [0.25, 0.3) is 0 Å². The van der Waals surface area contributed by atoms with Crippen LogP contribution in [0, 0.1) is 6.92 Å². The van der Waals surface area contributed by atoms with Gasteiger partial charge in [0.05, 0.1) is 17.2 Å². The predicted octanol–water partition coefficient (Wildman–Crippen LogP) is 2.01. The number of hydrogen-bond acceptors (Lipinski definition) is 6. The SMILES string of the molecule is Cc1cccc(C(=O)[O-])c1NC(=O)c1cccnc1NCc1ccncc1. The molecule has 3 rings (SSSR count). The molecule has 0 radical (unpaired) electrons. The fourth-order valence-electron chi connectivity index (χ4n) is 2.60. The average molecular weight is 361 g/mol. The Hall–Kier alpha value is -3.74. The summed E-state index contributed by atoms with van der Waals surface area (Å²) in [6.07, 6.45) is 4.94. The lowest BCUT2D eigenvalue weighted by atomic mass is 10.1. The number of carbonyl (C=O) groups is 2. The molecule has 0 atom stereocenters. The summed E-state index contributed by atoms with van der Waals surface area (Å²) in [5.41, 5.74) is 2.06. The van der Waals surface area contributed by atoms with Gasteiger partial charge in [-0.25, -0.2) is 4.98 Å². The lowest BCUT2D eigenvalue weighted by Gasteiger charge is -2.16. The summed E-state index contributed by atoms with van der Waals surface area (Å²) in [5.74, 6) is -1.41. The summed E-state index contributed by atoms with van der Waals surface area (Å²) in [6.45, 7) is 2.18. The van der Waals surface area contributed by atoms with E-state index < -0.39 is 11.9 Å². The van der Waals surface area contributed by atoms with Crippen molar-refractivity contribution in [1.82, 2.24) is 9.97 Å². The molecule has 7 nitrogen and oxygen atoms in total. The normalized spacial score (nSPS) is 10.3. The van der Waals surface area contributed by atoms with Gasteiger partial charge in [-0.2, -0.15) is 0 Å². The number of pyridine rings is 2. The second-order valence-corrected chi connectivity index (χ2v) is 5.85. The summed E-state index contributed by atoms with van der Waals surface area (Å²) in [6, 6.07) is 11.7. The number of rotatable bonds is 6. The van der Waals surface area contributed by atoms with Gasteiger partial charge in [-0.05, 0) is 42.3 Å². The van der Waals surface area contributed by atoms with Gasteiger partial charge in [-0.15, -0.1) is 0 Å². The van der Waals surface area contributed by atoms with Crippen LogP contribution in [-0.4, -0.2) is 21.8 Å². The van der Waals surface area contributed by atoms with Crippen LogP contribution in [0.2, 0.25) is 0 Å². The van der Waals surface area contributed by atoms with Crippen LogP contribution in [0.1, 0.15) is 31.8 Å². The smallest absolute Gasteiger partial charge is 0.259 e. The van der Waals surface area contributed by atoms with Crippen molar-refractivity contribution in [2.24, 2.45) is 0 Å². The summed E-state index contributed by atoms with van der Waals surface area (Å²) < 4.78 is 0. The highest BCUT2D eigenvalue weighted by molar-refractivity contribution is 6.10. The maximum atomic E-state index is 12.8. The molecule has 0 saturated carbocycles. The molecule has 0 spiro atoms. The monoisotopic (exact) mass is 361 g/mol. The summed E-state index contributed by atoms with van der Waals surface area (Å²) in [4.78, 5) is 32.3. The van der Waals surface area contributed by atoms with E-state index in [9.17, 15) is 14.7 Å². The number of aryl methyl sites for hydroxylation is 1. The molecule has 0 unspecified atom stereocenters. The number of anilines is 2. The maximum absolute atomic E-state index is 12.8. The molecular formula is C20H17N4O3-. The molecule has 0 saturated heterocycles. The Bertz CT molecular complexity index is 974. The van der Waals surface area contributed by atoms with Crippen molar-refractivity contribution in [3.8, 4) is 0 Å². The molecule has 0 aliphatic rings. The minimum atomic E-state index is -1.35. The Labute approximate surface area is 156 Å². The van der Waals surface area contributed by atoms with Gasteiger partial charge in [0.2, 0.25) is 0 Å². The molecule has 0 fully saturated rings. The lowest BCUT2D eigenvalue weighted by molar-refractivity contribution is -0.254. The highest BCUT2D eigenvalue weighted by Crippen LogP contribution is 2.22. The van der Waals surface area contributed by atoms with Crippen LogP contribution < -0.4 is 15.7 Å². The summed E-state index contributed by atoms with van der Waals surface area (Å²) >= 11 is 0. The Morgan fingerprint density at radius 3 is 2.48 bits per heavy atom. The van der Waals surface area contributed by atoms with E-state index in [1.54, 1.807) is 49.8 Å². The minimum absolute atomic E-state index is 0.0708. The van der Waals surface area contributed by atoms with Gasteiger partial charge in [0.1, 0.15) is 5.82 Å². The van der Waals surface area contributed by atoms with Crippen molar-refractivity contribution in [1.29, 1.82) is 0 Å². The number of carboxylic acid groups (broad SMARTS) is 1. The van der Waals surface area contributed by atoms with Crippen LogP contribution >= 0.6 is 0 Å². The zero-order chi connectivity index (χ0) is 19.2. The lowest BCUT2D eigenvalue weighted by Crippen LogP contribution is -2.25. The molecule has 2 N–H and O–H groups in total. The van der Waals surface area contributed by atoms with E-state index >= 15 is 0 Å². The number of aromatic nitrogens is 2. The number of aromatic carboxylic acids is 1. The number of nitrogens with zero attached hydrogens (tertiary/aromatic N) is 2. The third kappa shape index (κ3) is 4.27. The van der Waals surface area contributed by atoms with Crippen LogP contribution in [0.5, 0.6) is 0 Å². The standard InChI is InChI=1S/C20H18N4O3/c1-13-4-2-5-15(20(26)27)17(13)24-19(25)16-6-3-9-22-18(16)23-12-14-7-10-21-11-8-14/h2-11H,12H2,1H3,(H,22,23)(H,24,25)(H,26,27)/p-1. The molecule has 27 heavy (non-hydrogen) atoms. The Balaban J connectivity index is 1.83. The zero-order valence-corrected chi connectivity index (χ0v) is 14.6. The first-order valence-corrected chi connectivity index (χ1v) is 8.26. The number of nitrogens with one attached hydrogen (secondary N) is 2. The van der Waals surface area contributed by atoms with Crippen LogP contribution in [-0.2, 0) is 6.54 Å². The zero-order valence-electron chi connectivity index (χ0n) is 14.6. The van der Waals surface area contributed by atoms with Crippen molar-refractivity contribution < 1.29 is 14.7 Å². The second kappa shape index (κ2) is 8.09. The van der Waals surface area contributed by atoms with Gasteiger partial charge in [0.25, 0.3) is 5.91 Å². The fraction of sp³-hybridized carbons (Fsp3) is 0.100. The number of benzene rings is 1. The van der Waals surface area contributed by atoms with E-state index in [0.717, 1.165) is 5.56 Å². The predicted molar refractivity (Wildman–Crippen MR) is 99.3 cm³/mol. The third-order valence-electron chi connectivity index (χ3n) is 3.99. The van der Waals surface area contributed by atoms with Crippen molar-refractivity contribution in [3.05, 3.63) is 83.3 Å². The van der Waals surface area contributed by atoms with E-state index in [2.05, 4.69) is 20.6 Å². The van der Waals surface area contributed by atoms with Crippen LogP contribution in [0.15, 0.2) is 61.1 Å². The van der Waals surface area contributed by atoms with Crippen LogP contribution in [0.4, 0.5) is 11.5 Å². The molecule has 0 aliphatic carbocycles. The minimum Gasteiger partial charge on any atom is -0.545 e. The first-order valence-electron chi connectivity index (χ1n) is 8.26. The summed E-state index contributed by atoms with van der Waals surface area (Å²) in [5, 5.41) is 17.1. The van der Waals surface area contributed by atoms with Gasteiger partial charge in [-0.3, -0.25) is 9.78 Å². The largest absolute Gasteiger partial charge is 0.545 e. The molecule has 2 aromatic heterocycles. The van der Waals surface area contributed by atoms with E-state index in [4.69, 9.17) is 0 Å².